The van der Waals surface area contributed by atoms with Crippen LogP contribution in [0.15, 0.2) is 12.7 Å². The predicted octanol–water partition coefficient (Wildman–Crippen LogP) is 0.490. The molecule has 3 aromatic rings. The van der Waals surface area contributed by atoms with E-state index in [-0.39, 0.29) is 17.8 Å². The van der Waals surface area contributed by atoms with Crippen molar-refractivity contribution < 1.29 is 0 Å². The molecular weight excluding hydrogens is 282 g/mol. The van der Waals surface area contributed by atoms with E-state index >= 15 is 0 Å². The summed E-state index contributed by atoms with van der Waals surface area (Å²) in [6, 6.07) is 0. The standard InChI is InChI=1S/C10H10ClN9/c1-5-7(11)6(2)20(18-5)10-16-8(12)15-9(17-10)19-4-13-3-14-19/h3-4H,1-2H3,(H2,12,15,16,17). The van der Waals surface area contributed by atoms with Crippen LogP contribution >= 0.6 is 11.6 Å². The maximum atomic E-state index is 6.11. The van der Waals surface area contributed by atoms with E-state index in [1.807, 2.05) is 6.92 Å². The molecule has 0 spiro atoms. The summed E-state index contributed by atoms with van der Waals surface area (Å²) in [5, 5.41) is 8.79. The quantitative estimate of drug-likeness (QED) is 0.731. The van der Waals surface area contributed by atoms with Crippen molar-refractivity contribution in [2.24, 2.45) is 0 Å². The van der Waals surface area contributed by atoms with E-state index in [1.54, 1.807) is 6.92 Å². The highest BCUT2D eigenvalue weighted by atomic mass is 35.5. The SMILES string of the molecule is Cc1nn(-c2nc(N)nc(-n3cncn3)n2)c(C)c1Cl. The lowest BCUT2D eigenvalue weighted by Gasteiger charge is -2.05. The van der Waals surface area contributed by atoms with Crippen molar-refractivity contribution in [2.45, 2.75) is 13.8 Å². The van der Waals surface area contributed by atoms with Gasteiger partial charge < -0.3 is 5.73 Å². The Balaban J connectivity index is 2.17. The molecule has 0 fully saturated rings. The number of anilines is 1. The van der Waals surface area contributed by atoms with Gasteiger partial charge in [0.25, 0.3) is 11.9 Å². The summed E-state index contributed by atoms with van der Waals surface area (Å²) in [4.78, 5) is 16.2. The number of nitrogens with two attached hydrogens (primary N) is 1. The van der Waals surface area contributed by atoms with E-state index < -0.39 is 0 Å². The number of aryl methyl sites for hydroxylation is 1. The van der Waals surface area contributed by atoms with Crippen molar-refractivity contribution in [1.29, 1.82) is 0 Å². The highest BCUT2D eigenvalue weighted by molar-refractivity contribution is 6.31. The summed E-state index contributed by atoms with van der Waals surface area (Å²) in [7, 11) is 0. The summed E-state index contributed by atoms with van der Waals surface area (Å²) in [6.07, 6.45) is 2.84. The number of hydrogen-bond acceptors (Lipinski definition) is 7. The number of nitrogens with zero attached hydrogens (tertiary/aromatic N) is 8. The molecule has 0 amide bonds. The first-order chi connectivity index (χ1) is 9.56. The Labute approximate surface area is 118 Å². The maximum Gasteiger partial charge on any atom is 0.258 e. The molecule has 2 N–H and O–H groups in total. The summed E-state index contributed by atoms with van der Waals surface area (Å²) < 4.78 is 2.89. The molecule has 0 saturated carbocycles. The van der Waals surface area contributed by atoms with Crippen LogP contribution in [0.5, 0.6) is 0 Å². The Bertz CT molecular complexity index is 761. The molecule has 102 valence electrons. The van der Waals surface area contributed by atoms with Crippen LogP contribution in [0, 0.1) is 13.8 Å². The van der Waals surface area contributed by atoms with Crippen LogP contribution < -0.4 is 5.73 Å². The molecule has 0 aliphatic carbocycles. The first-order valence-corrected chi connectivity index (χ1v) is 6.02. The summed E-state index contributed by atoms with van der Waals surface area (Å²) in [6.45, 7) is 3.62. The lowest BCUT2D eigenvalue weighted by Crippen LogP contribution is -2.13. The minimum atomic E-state index is 0.0594. The molecular formula is C10H10ClN9. The van der Waals surface area contributed by atoms with Gasteiger partial charge in [-0.05, 0) is 13.8 Å². The van der Waals surface area contributed by atoms with Crippen molar-refractivity contribution in [2.75, 3.05) is 5.73 Å². The van der Waals surface area contributed by atoms with Gasteiger partial charge in [-0.25, -0.2) is 9.67 Å². The van der Waals surface area contributed by atoms with Crippen molar-refractivity contribution in [3.05, 3.63) is 29.1 Å². The Hall–Kier alpha value is -2.55. The molecule has 9 nitrogen and oxygen atoms in total. The van der Waals surface area contributed by atoms with Crippen LogP contribution in [-0.4, -0.2) is 39.5 Å². The lowest BCUT2D eigenvalue weighted by atomic mass is 10.4. The van der Waals surface area contributed by atoms with Crippen LogP contribution in [0.3, 0.4) is 0 Å². The number of halogens is 1. The Morgan fingerprint density at radius 3 is 2.50 bits per heavy atom. The molecule has 0 unspecified atom stereocenters. The Morgan fingerprint density at radius 2 is 1.90 bits per heavy atom. The van der Waals surface area contributed by atoms with Crippen molar-refractivity contribution in [1.82, 2.24) is 39.5 Å². The molecule has 0 aliphatic rings. The molecule has 3 heterocycles. The lowest BCUT2D eigenvalue weighted by molar-refractivity contribution is 0.732. The fourth-order valence-electron chi connectivity index (χ4n) is 1.70. The van der Waals surface area contributed by atoms with Gasteiger partial charge in [0.15, 0.2) is 0 Å². The number of aromatic nitrogens is 8. The van der Waals surface area contributed by atoms with Crippen molar-refractivity contribution >= 4 is 17.5 Å². The zero-order valence-electron chi connectivity index (χ0n) is 10.7. The first-order valence-electron chi connectivity index (χ1n) is 5.65. The zero-order chi connectivity index (χ0) is 14.3. The minimum Gasteiger partial charge on any atom is -0.368 e. The summed E-state index contributed by atoms with van der Waals surface area (Å²) >= 11 is 6.11. The van der Waals surface area contributed by atoms with E-state index in [0.29, 0.717) is 10.7 Å². The summed E-state index contributed by atoms with van der Waals surface area (Å²) in [5.41, 5.74) is 7.11. The van der Waals surface area contributed by atoms with Gasteiger partial charge in [-0.3, -0.25) is 0 Å². The Morgan fingerprint density at radius 1 is 1.15 bits per heavy atom. The topological polar surface area (TPSA) is 113 Å². The van der Waals surface area contributed by atoms with Gasteiger partial charge in [-0.2, -0.15) is 29.8 Å². The first kappa shape index (κ1) is 12.5. The molecule has 0 aliphatic heterocycles. The van der Waals surface area contributed by atoms with Gasteiger partial charge in [-0.15, -0.1) is 0 Å². The van der Waals surface area contributed by atoms with Gasteiger partial charge in [-0.1, -0.05) is 11.6 Å². The second kappa shape index (κ2) is 4.53. The average Bonchev–Trinajstić information content (AvgIpc) is 3.03. The molecule has 3 aromatic heterocycles. The molecule has 0 saturated heterocycles. The van der Waals surface area contributed by atoms with Crippen LogP contribution in [0.4, 0.5) is 5.95 Å². The van der Waals surface area contributed by atoms with Gasteiger partial charge in [0.2, 0.25) is 5.95 Å². The molecule has 3 rings (SSSR count). The third kappa shape index (κ3) is 1.97. The molecule has 0 bridgehead atoms. The number of hydrogen-bond donors (Lipinski definition) is 1. The van der Waals surface area contributed by atoms with Crippen LogP contribution in [-0.2, 0) is 0 Å². The minimum absolute atomic E-state index is 0.0594. The summed E-state index contributed by atoms with van der Waals surface area (Å²) in [5.74, 6) is 0.591. The van der Waals surface area contributed by atoms with Gasteiger partial charge in [0.1, 0.15) is 12.7 Å². The van der Waals surface area contributed by atoms with Gasteiger partial charge in [0, 0.05) is 0 Å². The predicted molar refractivity (Wildman–Crippen MR) is 70.8 cm³/mol. The molecule has 20 heavy (non-hydrogen) atoms. The van der Waals surface area contributed by atoms with E-state index in [4.69, 9.17) is 17.3 Å². The van der Waals surface area contributed by atoms with Crippen LogP contribution in [0.2, 0.25) is 5.02 Å². The fraction of sp³-hybridized carbons (Fsp3) is 0.200. The highest BCUT2D eigenvalue weighted by Crippen LogP contribution is 2.21. The van der Waals surface area contributed by atoms with E-state index in [0.717, 1.165) is 5.69 Å². The van der Waals surface area contributed by atoms with E-state index in [2.05, 4.69) is 30.1 Å². The zero-order valence-corrected chi connectivity index (χ0v) is 11.4. The van der Waals surface area contributed by atoms with Crippen LogP contribution in [0.1, 0.15) is 11.4 Å². The van der Waals surface area contributed by atoms with E-state index in [9.17, 15) is 0 Å². The maximum absolute atomic E-state index is 6.11. The van der Waals surface area contributed by atoms with Crippen molar-refractivity contribution in [3.8, 4) is 11.9 Å². The monoisotopic (exact) mass is 291 g/mol. The smallest absolute Gasteiger partial charge is 0.258 e. The third-order valence-corrected chi connectivity index (χ3v) is 3.19. The highest BCUT2D eigenvalue weighted by Gasteiger charge is 2.15. The average molecular weight is 292 g/mol. The molecule has 10 heteroatoms. The molecule has 0 atom stereocenters. The third-order valence-electron chi connectivity index (χ3n) is 2.65. The normalized spacial score (nSPS) is 10.9. The molecule has 0 radical (unpaired) electrons. The van der Waals surface area contributed by atoms with Crippen LogP contribution in [0.25, 0.3) is 11.9 Å². The van der Waals surface area contributed by atoms with Gasteiger partial charge >= 0.3 is 0 Å². The van der Waals surface area contributed by atoms with E-state index in [1.165, 1.54) is 22.0 Å². The molecule has 0 aromatic carbocycles. The largest absolute Gasteiger partial charge is 0.368 e. The van der Waals surface area contributed by atoms with Gasteiger partial charge in [0.05, 0.1) is 16.4 Å². The number of rotatable bonds is 2. The second-order valence-electron chi connectivity index (χ2n) is 4.03. The fourth-order valence-corrected chi connectivity index (χ4v) is 1.81. The van der Waals surface area contributed by atoms with Crippen molar-refractivity contribution in [3.63, 3.8) is 0 Å². The Kier molecular flexibility index (Phi) is 2.83. The number of nitrogen functional groups attached to an aromatic ring is 1. The second-order valence-corrected chi connectivity index (χ2v) is 4.41.